The average Bonchev–Trinajstić information content (AvgIpc) is 2.88. The van der Waals surface area contributed by atoms with E-state index in [-0.39, 0.29) is 30.2 Å². The summed E-state index contributed by atoms with van der Waals surface area (Å²) < 4.78 is 0. The summed E-state index contributed by atoms with van der Waals surface area (Å²) in [7, 11) is 0. The summed E-state index contributed by atoms with van der Waals surface area (Å²) in [6.45, 7) is 6.26. The first-order chi connectivity index (χ1) is 17.8. The Morgan fingerprint density at radius 2 is 1.68 bits per heavy atom. The zero-order valence-corrected chi connectivity index (χ0v) is 23.9. The molecule has 0 unspecified atom stereocenters. The van der Waals surface area contributed by atoms with Crippen molar-refractivity contribution in [3.05, 3.63) is 105 Å². The van der Waals surface area contributed by atoms with E-state index in [1.165, 1.54) is 5.56 Å². The number of halogens is 2. The predicted octanol–water partition coefficient (Wildman–Crippen LogP) is 7.09. The molecule has 3 aromatic rings. The minimum Gasteiger partial charge on any atom is -0.352 e. The summed E-state index contributed by atoms with van der Waals surface area (Å²) in [6, 6.07) is 22.6. The van der Waals surface area contributed by atoms with Crippen LogP contribution in [0.3, 0.4) is 0 Å². The molecule has 37 heavy (non-hydrogen) atoms. The van der Waals surface area contributed by atoms with Crippen molar-refractivity contribution < 1.29 is 9.59 Å². The van der Waals surface area contributed by atoms with Gasteiger partial charge in [-0.05, 0) is 49.1 Å². The van der Waals surface area contributed by atoms with E-state index in [1.54, 1.807) is 28.8 Å². The molecule has 3 aromatic carbocycles. The quantitative estimate of drug-likeness (QED) is 0.259. The Kier molecular flexibility index (Phi) is 11.4. The van der Waals surface area contributed by atoms with Gasteiger partial charge in [0.15, 0.2) is 0 Å². The predicted molar refractivity (Wildman–Crippen MR) is 156 cm³/mol. The lowest BCUT2D eigenvalue weighted by atomic mass is 10.0. The highest BCUT2D eigenvalue weighted by Gasteiger charge is 2.31. The molecule has 4 nitrogen and oxygen atoms in total. The van der Waals surface area contributed by atoms with Crippen molar-refractivity contribution in [3.63, 3.8) is 0 Å². The zero-order chi connectivity index (χ0) is 26.8. The first kappa shape index (κ1) is 29.1. The summed E-state index contributed by atoms with van der Waals surface area (Å²) in [5, 5.41) is 4.08. The third kappa shape index (κ3) is 9.10. The molecule has 0 aliphatic rings. The fourth-order valence-corrected chi connectivity index (χ4v) is 5.19. The van der Waals surface area contributed by atoms with Crippen molar-refractivity contribution in [2.75, 3.05) is 5.75 Å². The molecule has 2 atom stereocenters. The van der Waals surface area contributed by atoms with Gasteiger partial charge in [0.1, 0.15) is 6.04 Å². The van der Waals surface area contributed by atoms with E-state index < -0.39 is 6.04 Å². The van der Waals surface area contributed by atoms with Crippen LogP contribution in [0.4, 0.5) is 0 Å². The molecule has 0 radical (unpaired) electrons. The Bertz CT molecular complexity index is 1170. The van der Waals surface area contributed by atoms with Gasteiger partial charge in [-0.15, -0.1) is 11.8 Å². The Hall–Kier alpha value is -2.47. The van der Waals surface area contributed by atoms with Crippen LogP contribution >= 0.6 is 35.0 Å². The van der Waals surface area contributed by atoms with Gasteiger partial charge in [-0.3, -0.25) is 9.59 Å². The maximum absolute atomic E-state index is 13.7. The molecular weight excluding hydrogens is 523 g/mol. The van der Waals surface area contributed by atoms with Crippen LogP contribution in [0, 0.1) is 6.92 Å². The normalized spacial score (nSPS) is 12.6. The second-order valence-electron chi connectivity index (χ2n) is 9.26. The van der Waals surface area contributed by atoms with Gasteiger partial charge in [-0.2, -0.15) is 0 Å². The van der Waals surface area contributed by atoms with E-state index in [2.05, 4.69) is 36.5 Å². The highest BCUT2D eigenvalue weighted by Crippen LogP contribution is 2.25. The van der Waals surface area contributed by atoms with Gasteiger partial charge in [-0.1, -0.05) is 96.4 Å². The van der Waals surface area contributed by atoms with Crippen molar-refractivity contribution in [2.24, 2.45) is 0 Å². The number of carbonyl (C=O) groups excluding carboxylic acids is 2. The van der Waals surface area contributed by atoms with Gasteiger partial charge in [-0.25, -0.2) is 0 Å². The molecule has 0 heterocycles. The van der Waals surface area contributed by atoms with Crippen LogP contribution in [-0.2, 0) is 28.3 Å². The van der Waals surface area contributed by atoms with Gasteiger partial charge in [0, 0.05) is 34.8 Å². The van der Waals surface area contributed by atoms with Crippen LogP contribution in [0.25, 0.3) is 0 Å². The van der Waals surface area contributed by atoms with Crippen LogP contribution in [0.2, 0.25) is 10.0 Å². The topological polar surface area (TPSA) is 49.4 Å². The smallest absolute Gasteiger partial charge is 0.243 e. The molecule has 0 bridgehead atoms. The van der Waals surface area contributed by atoms with Crippen LogP contribution in [0.1, 0.15) is 42.5 Å². The molecule has 7 heteroatoms. The van der Waals surface area contributed by atoms with E-state index in [1.807, 2.05) is 50.2 Å². The van der Waals surface area contributed by atoms with Crippen molar-refractivity contribution in [2.45, 2.75) is 58.0 Å². The second-order valence-corrected chi connectivity index (χ2v) is 11.1. The lowest BCUT2D eigenvalue weighted by Gasteiger charge is -2.32. The van der Waals surface area contributed by atoms with Crippen LogP contribution in [-0.4, -0.2) is 34.6 Å². The number of nitrogens with zero attached hydrogens (tertiary/aromatic N) is 1. The largest absolute Gasteiger partial charge is 0.352 e. The monoisotopic (exact) mass is 556 g/mol. The van der Waals surface area contributed by atoms with Crippen molar-refractivity contribution in [1.82, 2.24) is 10.2 Å². The van der Waals surface area contributed by atoms with Gasteiger partial charge in [0.2, 0.25) is 11.8 Å². The molecule has 0 fully saturated rings. The molecule has 3 rings (SSSR count). The minimum atomic E-state index is -0.685. The third-order valence-electron chi connectivity index (χ3n) is 6.24. The molecule has 0 spiro atoms. The summed E-state index contributed by atoms with van der Waals surface area (Å²) >= 11 is 14.2. The highest BCUT2D eigenvalue weighted by atomic mass is 35.5. The fraction of sp³-hybridized carbons (Fsp3) is 0.333. The van der Waals surface area contributed by atoms with Crippen LogP contribution in [0.15, 0.2) is 72.8 Å². The number of benzene rings is 3. The number of thioether (sulfide) groups is 1. The number of nitrogens with one attached hydrogen (secondary N) is 1. The summed E-state index contributed by atoms with van der Waals surface area (Å²) in [5.41, 5.74) is 4.09. The van der Waals surface area contributed by atoms with E-state index >= 15 is 0 Å². The maximum atomic E-state index is 13.7. The second kappa shape index (κ2) is 14.5. The summed E-state index contributed by atoms with van der Waals surface area (Å²) in [6.07, 6.45) is 1.20. The Balaban J connectivity index is 1.88. The molecule has 0 aliphatic heterocycles. The Labute approximate surface area is 234 Å². The number of carbonyl (C=O) groups is 2. The van der Waals surface area contributed by atoms with Crippen molar-refractivity contribution in [3.8, 4) is 0 Å². The van der Waals surface area contributed by atoms with Gasteiger partial charge in [0.25, 0.3) is 0 Å². The number of hydrogen-bond donors (Lipinski definition) is 1. The fourth-order valence-electron chi connectivity index (χ4n) is 3.85. The SMILES string of the molecule is CC[C@H](C)NC(=O)[C@@H](Cc1ccccc1)N(Cc1ccc(Cl)cc1Cl)C(=O)CSCc1ccc(C)cc1. The average molecular weight is 558 g/mol. The maximum Gasteiger partial charge on any atom is 0.243 e. The third-order valence-corrected chi connectivity index (χ3v) is 7.82. The van der Waals surface area contributed by atoms with Crippen molar-refractivity contribution in [1.29, 1.82) is 0 Å². The van der Waals surface area contributed by atoms with Crippen molar-refractivity contribution >= 4 is 46.8 Å². The van der Waals surface area contributed by atoms with Gasteiger partial charge >= 0.3 is 0 Å². The summed E-state index contributed by atoms with van der Waals surface area (Å²) in [4.78, 5) is 28.9. The minimum absolute atomic E-state index is 0.00208. The first-order valence-corrected chi connectivity index (χ1v) is 14.4. The molecular formula is C30H34Cl2N2O2S. The standard InChI is InChI=1S/C30H34Cl2N2O2S/c1-4-22(3)33-30(36)28(16-23-8-6-5-7-9-23)34(18-25-14-15-26(31)17-27(25)32)29(35)20-37-19-24-12-10-21(2)11-13-24/h5-15,17,22,28H,4,16,18-20H2,1-3H3,(H,33,36)/t22-,28+/m0/s1. The van der Waals surface area contributed by atoms with E-state index in [0.29, 0.717) is 22.2 Å². The molecule has 196 valence electrons. The number of aryl methyl sites for hydroxylation is 1. The number of amides is 2. The van der Waals surface area contributed by atoms with Gasteiger partial charge in [0.05, 0.1) is 5.75 Å². The van der Waals surface area contributed by atoms with E-state index in [0.717, 1.165) is 23.1 Å². The van der Waals surface area contributed by atoms with E-state index in [4.69, 9.17) is 23.2 Å². The molecule has 0 aliphatic carbocycles. The van der Waals surface area contributed by atoms with Crippen LogP contribution in [0.5, 0.6) is 0 Å². The highest BCUT2D eigenvalue weighted by molar-refractivity contribution is 7.99. The van der Waals surface area contributed by atoms with Gasteiger partial charge < -0.3 is 10.2 Å². The number of rotatable bonds is 12. The number of hydrogen-bond acceptors (Lipinski definition) is 3. The lowest BCUT2D eigenvalue weighted by molar-refractivity contribution is -0.139. The molecule has 1 N–H and O–H groups in total. The molecule has 0 saturated heterocycles. The Morgan fingerprint density at radius 1 is 0.973 bits per heavy atom. The lowest BCUT2D eigenvalue weighted by Crippen LogP contribution is -2.52. The Morgan fingerprint density at radius 3 is 2.32 bits per heavy atom. The summed E-state index contributed by atoms with van der Waals surface area (Å²) in [5.74, 6) is 0.689. The molecule has 0 saturated carbocycles. The molecule has 2 amide bonds. The van der Waals surface area contributed by atoms with E-state index in [9.17, 15) is 9.59 Å². The zero-order valence-electron chi connectivity index (χ0n) is 21.5. The molecule has 0 aromatic heterocycles. The first-order valence-electron chi connectivity index (χ1n) is 12.5. The van der Waals surface area contributed by atoms with Crippen LogP contribution < -0.4 is 5.32 Å².